The monoisotopic (exact) mass is 310 g/mol. The summed E-state index contributed by atoms with van der Waals surface area (Å²) in [6.45, 7) is 7.74. The summed E-state index contributed by atoms with van der Waals surface area (Å²) in [6.07, 6.45) is 0. The van der Waals surface area contributed by atoms with Crippen molar-refractivity contribution >= 4 is 22.6 Å². The molecule has 116 valence electrons. The molecule has 0 fully saturated rings. The van der Waals surface area contributed by atoms with Crippen LogP contribution in [-0.2, 0) is 10.6 Å². The smallest absolute Gasteiger partial charge is 0.146 e. The first-order chi connectivity index (χ1) is 10.1. The highest BCUT2D eigenvalue weighted by atomic mass is 35.5. The number of aromatic nitrogens is 2. The number of methoxy groups -OCH3 is 1. The standard InChI is InChI=1S/C16H23ClN2O2/c1-5-21-10-13(11(2)3)19-12-7-6-8-14(20-4)16(12)18-15(19)9-17/h6-8,11,13H,5,9-10H2,1-4H3. The van der Waals surface area contributed by atoms with Gasteiger partial charge in [0.05, 0.1) is 31.2 Å². The van der Waals surface area contributed by atoms with Crippen LogP contribution in [-0.4, -0.2) is 29.9 Å². The molecule has 1 aromatic heterocycles. The molecule has 2 aromatic rings. The van der Waals surface area contributed by atoms with Gasteiger partial charge >= 0.3 is 0 Å². The molecule has 0 spiro atoms. The van der Waals surface area contributed by atoms with E-state index in [4.69, 9.17) is 21.1 Å². The van der Waals surface area contributed by atoms with Crippen LogP contribution < -0.4 is 4.74 Å². The Bertz CT molecular complexity index is 595. The number of halogens is 1. The van der Waals surface area contributed by atoms with E-state index in [9.17, 15) is 0 Å². The van der Waals surface area contributed by atoms with Crippen LogP contribution in [0.3, 0.4) is 0 Å². The fraction of sp³-hybridized carbons (Fsp3) is 0.562. The molecule has 0 saturated carbocycles. The minimum atomic E-state index is 0.204. The number of nitrogens with zero attached hydrogens (tertiary/aromatic N) is 2. The summed E-state index contributed by atoms with van der Waals surface area (Å²) in [4.78, 5) is 4.66. The van der Waals surface area contributed by atoms with Gasteiger partial charge in [0.25, 0.3) is 0 Å². The largest absolute Gasteiger partial charge is 0.494 e. The van der Waals surface area contributed by atoms with Crippen LogP contribution in [0.5, 0.6) is 5.75 Å². The van der Waals surface area contributed by atoms with E-state index in [1.54, 1.807) is 7.11 Å². The van der Waals surface area contributed by atoms with E-state index in [0.717, 1.165) is 22.6 Å². The molecule has 21 heavy (non-hydrogen) atoms. The Labute approximate surface area is 131 Å². The molecule has 0 radical (unpaired) electrons. The van der Waals surface area contributed by atoms with Crippen LogP contribution in [0.25, 0.3) is 11.0 Å². The minimum absolute atomic E-state index is 0.204. The van der Waals surface area contributed by atoms with Crippen molar-refractivity contribution < 1.29 is 9.47 Å². The Morgan fingerprint density at radius 3 is 2.67 bits per heavy atom. The molecular weight excluding hydrogens is 288 g/mol. The van der Waals surface area contributed by atoms with Gasteiger partial charge in [0.2, 0.25) is 0 Å². The molecule has 1 atom stereocenters. The summed E-state index contributed by atoms with van der Waals surface area (Å²) in [6, 6.07) is 6.17. The summed E-state index contributed by atoms with van der Waals surface area (Å²) < 4.78 is 13.3. The SMILES string of the molecule is CCOCC(C(C)C)n1c(CCl)nc2c(OC)cccc21. The van der Waals surface area contributed by atoms with E-state index < -0.39 is 0 Å². The van der Waals surface area contributed by atoms with Crippen molar-refractivity contribution in [3.63, 3.8) is 0 Å². The number of para-hydroxylation sites is 1. The minimum Gasteiger partial charge on any atom is -0.494 e. The first-order valence-corrected chi connectivity index (χ1v) is 7.85. The van der Waals surface area contributed by atoms with Crippen molar-refractivity contribution in [1.82, 2.24) is 9.55 Å². The van der Waals surface area contributed by atoms with Crippen LogP contribution in [0.15, 0.2) is 18.2 Å². The topological polar surface area (TPSA) is 36.3 Å². The molecule has 0 amide bonds. The number of hydrogen-bond donors (Lipinski definition) is 0. The molecule has 2 rings (SSSR count). The molecule has 1 aromatic carbocycles. The van der Waals surface area contributed by atoms with Crippen molar-refractivity contribution in [3.05, 3.63) is 24.0 Å². The molecule has 0 bridgehead atoms. The van der Waals surface area contributed by atoms with Gasteiger partial charge < -0.3 is 14.0 Å². The predicted molar refractivity (Wildman–Crippen MR) is 86.2 cm³/mol. The first-order valence-electron chi connectivity index (χ1n) is 7.31. The summed E-state index contributed by atoms with van der Waals surface area (Å²) in [7, 11) is 1.66. The number of hydrogen-bond acceptors (Lipinski definition) is 3. The van der Waals surface area contributed by atoms with Gasteiger partial charge in [-0.25, -0.2) is 4.98 Å². The van der Waals surface area contributed by atoms with Crippen molar-refractivity contribution in [2.24, 2.45) is 5.92 Å². The average molecular weight is 311 g/mol. The number of benzene rings is 1. The van der Waals surface area contributed by atoms with E-state index in [1.807, 2.05) is 19.1 Å². The summed E-state index contributed by atoms with van der Waals surface area (Å²) in [5, 5.41) is 0. The molecule has 0 N–H and O–H groups in total. The summed E-state index contributed by atoms with van der Waals surface area (Å²) in [5.74, 6) is 2.42. The lowest BCUT2D eigenvalue weighted by Gasteiger charge is -2.24. The normalized spacial score (nSPS) is 13.0. The Balaban J connectivity index is 2.59. The zero-order chi connectivity index (χ0) is 15.4. The molecule has 0 aliphatic rings. The van der Waals surface area contributed by atoms with Gasteiger partial charge in [-0.1, -0.05) is 19.9 Å². The van der Waals surface area contributed by atoms with Crippen molar-refractivity contribution in [2.75, 3.05) is 20.3 Å². The number of fused-ring (bicyclic) bond motifs is 1. The molecule has 4 nitrogen and oxygen atoms in total. The van der Waals surface area contributed by atoms with Crippen LogP contribution in [0.1, 0.15) is 32.6 Å². The number of rotatable bonds is 7. The molecule has 0 aliphatic heterocycles. The highest BCUT2D eigenvalue weighted by Gasteiger charge is 2.23. The first kappa shape index (κ1) is 16.1. The fourth-order valence-corrected chi connectivity index (χ4v) is 2.76. The van der Waals surface area contributed by atoms with Crippen LogP contribution in [0.2, 0.25) is 0 Å². The predicted octanol–water partition coefficient (Wildman–Crippen LogP) is 4.02. The van der Waals surface area contributed by atoms with Gasteiger partial charge in [-0.15, -0.1) is 11.6 Å². The third kappa shape index (κ3) is 3.16. The lowest BCUT2D eigenvalue weighted by molar-refractivity contribution is 0.0970. The maximum atomic E-state index is 6.12. The lowest BCUT2D eigenvalue weighted by atomic mass is 10.0. The number of alkyl halides is 1. The van der Waals surface area contributed by atoms with Crippen molar-refractivity contribution in [1.29, 1.82) is 0 Å². The Hall–Kier alpha value is -1.26. The quantitative estimate of drug-likeness (QED) is 0.725. The lowest BCUT2D eigenvalue weighted by Crippen LogP contribution is -2.22. The van der Waals surface area contributed by atoms with Gasteiger partial charge in [0.15, 0.2) is 0 Å². The Kier molecular flexibility index (Phi) is 5.48. The van der Waals surface area contributed by atoms with E-state index in [2.05, 4.69) is 29.5 Å². The van der Waals surface area contributed by atoms with Gasteiger partial charge in [-0.2, -0.15) is 0 Å². The van der Waals surface area contributed by atoms with Crippen LogP contribution in [0.4, 0.5) is 0 Å². The molecule has 1 unspecified atom stereocenters. The van der Waals surface area contributed by atoms with E-state index in [1.165, 1.54) is 0 Å². The van der Waals surface area contributed by atoms with Gasteiger partial charge in [-0.3, -0.25) is 0 Å². The molecule has 1 heterocycles. The highest BCUT2D eigenvalue weighted by Crippen LogP contribution is 2.31. The van der Waals surface area contributed by atoms with Gasteiger partial charge in [0.1, 0.15) is 17.1 Å². The maximum Gasteiger partial charge on any atom is 0.146 e. The van der Waals surface area contributed by atoms with Crippen LogP contribution >= 0.6 is 11.6 Å². The Morgan fingerprint density at radius 2 is 2.10 bits per heavy atom. The maximum absolute atomic E-state index is 6.12. The van der Waals surface area contributed by atoms with Crippen molar-refractivity contribution in [2.45, 2.75) is 32.7 Å². The van der Waals surface area contributed by atoms with E-state index >= 15 is 0 Å². The van der Waals surface area contributed by atoms with E-state index in [0.29, 0.717) is 25.0 Å². The second-order valence-corrected chi connectivity index (χ2v) is 5.60. The third-order valence-corrected chi connectivity index (χ3v) is 3.93. The zero-order valence-electron chi connectivity index (χ0n) is 13.1. The van der Waals surface area contributed by atoms with Crippen LogP contribution in [0, 0.1) is 5.92 Å². The molecular formula is C16H23ClN2O2. The van der Waals surface area contributed by atoms with Gasteiger partial charge in [0, 0.05) is 6.61 Å². The van der Waals surface area contributed by atoms with E-state index in [-0.39, 0.29) is 6.04 Å². The summed E-state index contributed by atoms with van der Waals surface area (Å²) in [5.41, 5.74) is 1.90. The molecule has 0 aliphatic carbocycles. The highest BCUT2D eigenvalue weighted by molar-refractivity contribution is 6.16. The second-order valence-electron chi connectivity index (χ2n) is 5.33. The average Bonchev–Trinajstić information content (AvgIpc) is 2.86. The second kappa shape index (κ2) is 7.14. The Morgan fingerprint density at radius 1 is 1.33 bits per heavy atom. The molecule has 5 heteroatoms. The zero-order valence-corrected chi connectivity index (χ0v) is 13.9. The fourth-order valence-electron chi connectivity index (χ4n) is 2.57. The van der Waals surface area contributed by atoms with Crippen molar-refractivity contribution in [3.8, 4) is 5.75 Å². The third-order valence-electron chi connectivity index (χ3n) is 3.69. The van der Waals surface area contributed by atoms with Gasteiger partial charge in [-0.05, 0) is 25.0 Å². The number of imidazole rings is 1. The molecule has 0 saturated heterocycles. The number of ether oxygens (including phenoxy) is 2. The summed E-state index contributed by atoms with van der Waals surface area (Å²) >= 11 is 6.12.